The summed E-state index contributed by atoms with van der Waals surface area (Å²) >= 11 is 3.50. The number of amides is 1. The van der Waals surface area contributed by atoms with Gasteiger partial charge in [-0.05, 0) is 65.6 Å². The minimum atomic E-state index is -0.484. The standard InChI is InChI=1S/C14H18BrN3O/c15-10-6-11(16)9(14(17)19)5-12(10)18-13(7-1-2-7)8-3-4-8/h5-8,13,18H,1-4,16H2,(H2,17,19). The highest BCUT2D eigenvalue weighted by atomic mass is 79.9. The third-order valence-corrected chi connectivity index (χ3v) is 4.64. The largest absolute Gasteiger partial charge is 0.398 e. The second-order valence-corrected chi connectivity index (χ2v) is 6.48. The van der Waals surface area contributed by atoms with Crippen LogP contribution >= 0.6 is 15.9 Å². The highest BCUT2D eigenvalue weighted by Crippen LogP contribution is 2.46. The molecule has 102 valence electrons. The number of nitrogen functional groups attached to an aromatic ring is 1. The number of hydrogen-bond donors (Lipinski definition) is 3. The predicted octanol–water partition coefficient (Wildman–Crippen LogP) is 2.73. The topological polar surface area (TPSA) is 81.1 Å². The SMILES string of the molecule is NC(=O)c1cc(NC(C2CC2)C2CC2)c(Br)cc1N. The lowest BCUT2D eigenvalue weighted by atomic mass is 10.1. The first-order chi connectivity index (χ1) is 9.06. The Bertz CT molecular complexity index is 512. The van der Waals surface area contributed by atoms with E-state index < -0.39 is 5.91 Å². The Kier molecular flexibility index (Phi) is 3.17. The van der Waals surface area contributed by atoms with Gasteiger partial charge in [-0.3, -0.25) is 4.79 Å². The van der Waals surface area contributed by atoms with Crippen LogP contribution in [0, 0.1) is 11.8 Å². The molecule has 2 saturated carbocycles. The lowest BCUT2D eigenvalue weighted by Gasteiger charge is -2.21. The van der Waals surface area contributed by atoms with Crippen LogP contribution in [0.5, 0.6) is 0 Å². The van der Waals surface area contributed by atoms with Crippen molar-refractivity contribution in [1.29, 1.82) is 0 Å². The number of anilines is 2. The summed E-state index contributed by atoms with van der Waals surface area (Å²) < 4.78 is 0.890. The summed E-state index contributed by atoms with van der Waals surface area (Å²) in [5.74, 6) is 1.09. The lowest BCUT2D eigenvalue weighted by Crippen LogP contribution is -2.25. The molecule has 2 aliphatic carbocycles. The van der Waals surface area contributed by atoms with Gasteiger partial charge < -0.3 is 16.8 Å². The molecule has 0 aliphatic heterocycles. The first-order valence-corrected chi connectivity index (χ1v) is 7.51. The van der Waals surface area contributed by atoms with E-state index >= 15 is 0 Å². The Morgan fingerprint density at radius 3 is 2.32 bits per heavy atom. The van der Waals surface area contributed by atoms with Gasteiger partial charge in [0.15, 0.2) is 0 Å². The summed E-state index contributed by atoms with van der Waals surface area (Å²) in [7, 11) is 0. The molecule has 4 nitrogen and oxygen atoms in total. The molecule has 3 rings (SSSR count). The average molecular weight is 324 g/mol. The summed E-state index contributed by atoms with van der Waals surface area (Å²) in [6, 6.07) is 4.04. The van der Waals surface area contributed by atoms with E-state index in [-0.39, 0.29) is 0 Å². The predicted molar refractivity (Wildman–Crippen MR) is 79.9 cm³/mol. The van der Waals surface area contributed by atoms with Crippen molar-refractivity contribution in [2.24, 2.45) is 17.6 Å². The van der Waals surface area contributed by atoms with Gasteiger partial charge in [0.1, 0.15) is 0 Å². The van der Waals surface area contributed by atoms with Crippen LogP contribution < -0.4 is 16.8 Å². The molecule has 0 aromatic heterocycles. The number of rotatable bonds is 5. The van der Waals surface area contributed by atoms with E-state index in [0.29, 0.717) is 17.3 Å². The number of hydrogen-bond acceptors (Lipinski definition) is 3. The fraction of sp³-hybridized carbons (Fsp3) is 0.500. The molecule has 1 aromatic carbocycles. The van der Waals surface area contributed by atoms with Gasteiger partial charge in [-0.2, -0.15) is 0 Å². The molecular weight excluding hydrogens is 306 g/mol. The van der Waals surface area contributed by atoms with Gasteiger partial charge in [0, 0.05) is 21.9 Å². The number of carbonyl (C=O) groups is 1. The summed E-state index contributed by atoms with van der Waals surface area (Å²) in [6.45, 7) is 0. The third-order valence-electron chi connectivity index (χ3n) is 3.99. The minimum Gasteiger partial charge on any atom is -0.398 e. The molecule has 0 heterocycles. The second kappa shape index (κ2) is 4.71. The van der Waals surface area contributed by atoms with Crippen molar-refractivity contribution in [3.05, 3.63) is 22.2 Å². The van der Waals surface area contributed by atoms with E-state index in [0.717, 1.165) is 22.0 Å². The fourth-order valence-electron chi connectivity index (χ4n) is 2.62. The quantitative estimate of drug-likeness (QED) is 0.729. The van der Waals surface area contributed by atoms with Crippen molar-refractivity contribution in [2.45, 2.75) is 31.7 Å². The van der Waals surface area contributed by atoms with Crippen LogP contribution in [0.25, 0.3) is 0 Å². The maximum atomic E-state index is 11.4. The molecule has 1 amide bonds. The lowest BCUT2D eigenvalue weighted by molar-refractivity contribution is 0.100. The molecule has 0 radical (unpaired) electrons. The number of primary amides is 1. The molecule has 19 heavy (non-hydrogen) atoms. The fourth-order valence-corrected chi connectivity index (χ4v) is 3.10. The smallest absolute Gasteiger partial charge is 0.250 e. The van der Waals surface area contributed by atoms with Crippen molar-refractivity contribution >= 4 is 33.2 Å². The summed E-state index contributed by atoms with van der Waals surface area (Å²) in [6.07, 6.45) is 5.24. The summed E-state index contributed by atoms with van der Waals surface area (Å²) in [5, 5.41) is 3.58. The van der Waals surface area contributed by atoms with E-state index in [2.05, 4.69) is 21.2 Å². The minimum absolute atomic E-state index is 0.385. The molecule has 5 heteroatoms. The van der Waals surface area contributed by atoms with Crippen LogP contribution in [0.4, 0.5) is 11.4 Å². The molecule has 0 atom stereocenters. The van der Waals surface area contributed by atoms with Gasteiger partial charge in [-0.15, -0.1) is 0 Å². The first-order valence-electron chi connectivity index (χ1n) is 6.71. The van der Waals surface area contributed by atoms with Crippen LogP contribution in [0.15, 0.2) is 16.6 Å². The monoisotopic (exact) mass is 323 g/mol. The Hall–Kier alpha value is -1.23. The van der Waals surface area contributed by atoms with Gasteiger partial charge in [0.05, 0.1) is 5.56 Å². The van der Waals surface area contributed by atoms with Crippen molar-refractivity contribution in [3.8, 4) is 0 Å². The Balaban J connectivity index is 1.86. The zero-order chi connectivity index (χ0) is 13.6. The maximum absolute atomic E-state index is 11.4. The van der Waals surface area contributed by atoms with E-state index in [1.54, 1.807) is 12.1 Å². The molecule has 0 spiro atoms. The van der Waals surface area contributed by atoms with Crippen LogP contribution in [-0.4, -0.2) is 11.9 Å². The number of benzene rings is 1. The molecule has 2 fully saturated rings. The molecule has 0 bridgehead atoms. The van der Waals surface area contributed by atoms with Crippen molar-refractivity contribution < 1.29 is 4.79 Å². The second-order valence-electron chi connectivity index (χ2n) is 5.63. The van der Waals surface area contributed by atoms with Gasteiger partial charge in [-0.1, -0.05) is 0 Å². The van der Waals surface area contributed by atoms with Crippen LogP contribution in [0.1, 0.15) is 36.0 Å². The van der Waals surface area contributed by atoms with Crippen molar-refractivity contribution in [3.63, 3.8) is 0 Å². The van der Waals surface area contributed by atoms with Gasteiger partial charge in [0.2, 0.25) is 0 Å². The number of halogens is 1. The normalized spacial score (nSPS) is 18.6. The number of nitrogens with one attached hydrogen (secondary N) is 1. The summed E-state index contributed by atoms with van der Waals surface area (Å²) in [4.78, 5) is 11.4. The Labute approximate surface area is 121 Å². The van der Waals surface area contributed by atoms with Crippen LogP contribution in [-0.2, 0) is 0 Å². The third kappa shape index (κ3) is 2.71. The maximum Gasteiger partial charge on any atom is 0.250 e. The van der Waals surface area contributed by atoms with Crippen molar-refractivity contribution in [1.82, 2.24) is 0 Å². The Morgan fingerprint density at radius 1 is 1.26 bits per heavy atom. The van der Waals surface area contributed by atoms with Crippen molar-refractivity contribution in [2.75, 3.05) is 11.1 Å². The number of carbonyl (C=O) groups excluding carboxylic acids is 1. The zero-order valence-electron chi connectivity index (χ0n) is 10.7. The van der Waals surface area contributed by atoms with E-state index in [9.17, 15) is 4.79 Å². The Morgan fingerprint density at radius 2 is 1.84 bits per heavy atom. The first kappa shape index (κ1) is 12.8. The van der Waals surface area contributed by atoms with Crippen LogP contribution in [0.2, 0.25) is 0 Å². The van der Waals surface area contributed by atoms with Gasteiger partial charge in [-0.25, -0.2) is 0 Å². The van der Waals surface area contributed by atoms with E-state index in [1.165, 1.54) is 25.7 Å². The van der Waals surface area contributed by atoms with Gasteiger partial charge >= 0.3 is 0 Å². The zero-order valence-corrected chi connectivity index (χ0v) is 12.2. The van der Waals surface area contributed by atoms with Crippen LogP contribution in [0.3, 0.4) is 0 Å². The highest BCUT2D eigenvalue weighted by Gasteiger charge is 2.41. The van der Waals surface area contributed by atoms with E-state index in [4.69, 9.17) is 11.5 Å². The molecule has 0 unspecified atom stereocenters. The van der Waals surface area contributed by atoms with E-state index in [1.807, 2.05) is 0 Å². The molecule has 0 saturated heterocycles. The number of nitrogens with two attached hydrogens (primary N) is 2. The molecular formula is C14H18BrN3O. The molecule has 1 aromatic rings. The highest BCUT2D eigenvalue weighted by molar-refractivity contribution is 9.10. The summed E-state index contributed by atoms with van der Waals surface area (Å²) in [5.41, 5.74) is 12.9. The van der Waals surface area contributed by atoms with Gasteiger partial charge in [0.25, 0.3) is 5.91 Å². The molecule has 2 aliphatic rings. The molecule has 5 N–H and O–H groups in total. The average Bonchev–Trinajstić information content (AvgIpc) is 3.21.